The van der Waals surface area contributed by atoms with E-state index in [1.54, 1.807) is 36.4 Å². The molecule has 2 atom stereocenters. The highest BCUT2D eigenvalue weighted by molar-refractivity contribution is 9.10. The molecule has 1 aliphatic carbocycles. The van der Waals surface area contributed by atoms with Gasteiger partial charge in [-0.25, -0.2) is 0 Å². The van der Waals surface area contributed by atoms with E-state index in [0.29, 0.717) is 21.5 Å². The lowest BCUT2D eigenvalue weighted by Gasteiger charge is -2.32. The van der Waals surface area contributed by atoms with Gasteiger partial charge in [-0.05, 0) is 49.2 Å². The molecule has 2 aromatic rings. The number of benzene rings is 2. The summed E-state index contributed by atoms with van der Waals surface area (Å²) in [5.41, 5.74) is 0. The van der Waals surface area contributed by atoms with Gasteiger partial charge >= 0.3 is 0 Å². The van der Waals surface area contributed by atoms with Crippen molar-refractivity contribution in [2.75, 3.05) is 13.2 Å². The van der Waals surface area contributed by atoms with Crippen molar-refractivity contribution in [2.45, 2.75) is 37.8 Å². The highest BCUT2D eigenvalue weighted by Gasteiger charge is 2.28. The highest BCUT2D eigenvalue weighted by Crippen LogP contribution is 2.28. The second kappa shape index (κ2) is 12.1. The molecule has 32 heavy (non-hydrogen) atoms. The van der Waals surface area contributed by atoms with Crippen LogP contribution in [0.3, 0.4) is 0 Å². The van der Waals surface area contributed by atoms with Gasteiger partial charge in [-0.15, -0.1) is 0 Å². The maximum absolute atomic E-state index is 12.4. The van der Waals surface area contributed by atoms with E-state index in [4.69, 9.17) is 32.7 Å². The zero-order valence-corrected chi connectivity index (χ0v) is 21.7. The van der Waals surface area contributed by atoms with Crippen molar-refractivity contribution in [1.29, 1.82) is 0 Å². The summed E-state index contributed by atoms with van der Waals surface area (Å²) in [5, 5.41) is 6.77. The van der Waals surface area contributed by atoms with Crippen molar-refractivity contribution in [3.05, 3.63) is 55.4 Å². The normalized spacial score (nSPS) is 18.0. The Morgan fingerprint density at radius 3 is 1.59 bits per heavy atom. The number of rotatable bonds is 8. The van der Waals surface area contributed by atoms with Crippen LogP contribution in [0.5, 0.6) is 11.5 Å². The van der Waals surface area contributed by atoms with Gasteiger partial charge in [-0.3, -0.25) is 9.59 Å². The molecule has 0 unspecified atom stereocenters. The number of ether oxygens (including phenoxy) is 2. The summed E-state index contributed by atoms with van der Waals surface area (Å²) in [6, 6.07) is 10.0. The monoisotopic (exact) mass is 606 g/mol. The summed E-state index contributed by atoms with van der Waals surface area (Å²) in [6.45, 7) is -0.326. The average Bonchev–Trinajstić information content (AvgIpc) is 2.74. The van der Waals surface area contributed by atoms with Gasteiger partial charge in [0.25, 0.3) is 11.8 Å². The number of halogens is 4. The average molecular weight is 609 g/mol. The predicted molar refractivity (Wildman–Crippen MR) is 132 cm³/mol. The lowest BCUT2D eigenvalue weighted by molar-refractivity contribution is -0.127. The first-order chi connectivity index (χ1) is 15.3. The van der Waals surface area contributed by atoms with Crippen LogP contribution in [-0.4, -0.2) is 37.1 Å². The molecular formula is C22H22Br2Cl2N2O4. The first kappa shape index (κ1) is 25.1. The second-order valence-electron chi connectivity index (χ2n) is 7.36. The number of nitrogens with one attached hydrogen (secondary N) is 2. The molecule has 10 heteroatoms. The van der Waals surface area contributed by atoms with E-state index in [1.807, 2.05) is 0 Å². The third kappa shape index (κ3) is 7.54. The molecule has 0 aromatic heterocycles. The number of hydrogen-bond acceptors (Lipinski definition) is 4. The molecular weight excluding hydrogens is 587 g/mol. The third-order valence-corrected chi connectivity index (χ3v) is 6.54. The Balaban J connectivity index is 1.48. The minimum Gasteiger partial charge on any atom is -0.482 e. The Kier molecular flexibility index (Phi) is 9.52. The summed E-state index contributed by atoms with van der Waals surface area (Å²) in [6.07, 6.45) is 3.49. The maximum atomic E-state index is 12.4. The van der Waals surface area contributed by atoms with Crippen molar-refractivity contribution in [3.8, 4) is 11.5 Å². The van der Waals surface area contributed by atoms with Crippen LogP contribution < -0.4 is 20.1 Å². The smallest absolute Gasteiger partial charge is 0.258 e. The molecule has 2 N–H and O–H groups in total. The number of amides is 2. The van der Waals surface area contributed by atoms with E-state index in [2.05, 4.69) is 42.5 Å². The fourth-order valence-corrected chi connectivity index (χ4v) is 4.90. The Labute approximate surface area is 213 Å². The van der Waals surface area contributed by atoms with E-state index in [0.717, 1.165) is 34.6 Å². The molecule has 6 nitrogen and oxygen atoms in total. The standard InChI is InChI=1S/C22H22Br2Cl2N2O4/c23-13-5-7-19(15(25)9-13)31-11-21(29)27-17-3-1-2-4-18(17)28-22(30)12-32-20-8-6-14(24)10-16(20)26/h5-10,17-18H,1-4,11-12H2,(H,27,29)(H,28,30)/t17-,18-/m0/s1. The molecule has 1 aliphatic rings. The van der Waals surface area contributed by atoms with Crippen LogP contribution in [0.2, 0.25) is 10.0 Å². The Morgan fingerprint density at radius 1 is 0.812 bits per heavy atom. The van der Waals surface area contributed by atoms with Crippen LogP contribution in [0, 0.1) is 0 Å². The topological polar surface area (TPSA) is 76.7 Å². The number of hydrogen-bond donors (Lipinski definition) is 2. The van der Waals surface area contributed by atoms with Crippen LogP contribution in [-0.2, 0) is 9.59 Å². The van der Waals surface area contributed by atoms with E-state index in [1.165, 1.54) is 0 Å². The predicted octanol–water partition coefficient (Wildman–Crippen LogP) is 5.52. The molecule has 0 bridgehead atoms. The quantitative estimate of drug-likeness (QED) is 0.414. The molecule has 2 amide bonds. The van der Waals surface area contributed by atoms with Gasteiger partial charge in [0.1, 0.15) is 11.5 Å². The fraction of sp³-hybridized carbons (Fsp3) is 0.364. The van der Waals surface area contributed by atoms with E-state index < -0.39 is 0 Å². The molecule has 172 valence electrons. The minimum atomic E-state index is -0.270. The first-order valence-corrected chi connectivity index (χ1v) is 12.4. The summed E-state index contributed by atoms with van der Waals surface area (Å²) in [5.74, 6) is 0.325. The van der Waals surface area contributed by atoms with Gasteiger partial charge in [0.15, 0.2) is 13.2 Å². The van der Waals surface area contributed by atoms with Gasteiger partial charge in [0.05, 0.1) is 10.0 Å². The molecule has 0 radical (unpaired) electrons. The molecule has 1 fully saturated rings. The van der Waals surface area contributed by atoms with Gasteiger partial charge < -0.3 is 20.1 Å². The molecule has 2 aromatic carbocycles. The molecule has 1 saturated carbocycles. The Morgan fingerprint density at radius 2 is 1.22 bits per heavy atom. The van der Waals surface area contributed by atoms with Crippen molar-refractivity contribution >= 4 is 66.9 Å². The molecule has 0 heterocycles. The summed E-state index contributed by atoms with van der Waals surface area (Å²) in [4.78, 5) is 24.9. The summed E-state index contributed by atoms with van der Waals surface area (Å²) < 4.78 is 12.7. The van der Waals surface area contributed by atoms with Gasteiger partial charge in [0, 0.05) is 21.0 Å². The van der Waals surface area contributed by atoms with Crippen LogP contribution in [0.15, 0.2) is 45.3 Å². The van der Waals surface area contributed by atoms with Crippen molar-refractivity contribution in [3.63, 3.8) is 0 Å². The molecule has 0 saturated heterocycles. The molecule has 0 aliphatic heterocycles. The van der Waals surface area contributed by atoms with Gasteiger partial charge in [-0.2, -0.15) is 0 Å². The van der Waals surface area contributed by atoms with Crippen molar-refractivity contribution in [2.24, 2.45) is 0 Å². The van der Waals surface area contributed by atoms with Crippen LogP contribution in [0.4, 0.5) is 0 Å². The highest BCUT2D eigenvalue weighted by atomic mass is 79.9. The molecule has 0 spiro atoms. The lowest BCUT2D eigenvalue weighted by atomic mass is 9.90. The Bertz CT molecular complexity index is 899. The van der Waals surface area contributed by atoms with Gasteiger partial charge in [0.2, 0.25) is 0 Å². The minimum absolute atomic E-state index is 0.163. The summed E-state index contributed by atoms with van der Waals surface area (Å²) >= 11 is 18.9. The summed E-state index contributed by atoms with van der Waals surface area (Å²) in [7, 11) is 0. The van der Waals surface area contributed by atoms with Crippen molar-refractivity contribution < 1.29 is 19.1 Å². The molecule has 3 rings (SSSR count). The zero-order chi connectivity index (χ0) is 23.1. The van der Waals surface area contributed by atoms with E-state index >= 15 is 0 Å². The van der Waals surface area contributed by atoms with E-state index in [-0.39, 0.29) is 37.1 Å². The first-order valence-electron chi connectivity index (χ1n) is 10.1. The third-order valence-electron chi connectivity index (χ3n) is 4.96. The van der Waals surface area contributed by atoms with Gasteiger partial charge in [-0.1, -0.05) is 67.9 Å². The van der Waals surface area contributed by atoms with Crippen molar-refractivity contribution in [1.82, 2.24) is 10.6 Å². The SMILES string of the molecule is O=C(COc1ccc(Br)cc1Cl)N[C@H]1CCCC[C@@H]1NC(=O)COc1ccc(Br)cc1Cl. The van der Waals surface area contributed by atoms with Crippen LogP contribution >= 0.6 is 55.1 Å². The van der Waals surface area contributed by atoms with Crippen LogP contribution in [0.1, 0.15) is 25.7 Å². The second-order valence-corrected chi connectivity index (χ2v) is 10.0. The zero-order valence-electron chi connectivity index (χ0n) is 17.0. The number of carbonyl (C=O) groups is 2. The lowest BCUT2D eigenvalue weighted by Crippen LogP contribution is -2.54. The number of carbonyl (C=O) groups excluding carboxylic acids is 2. The van der Waals surface area contributed by atoms with Crippen LogP contribution in [0.25, 0.3) is 0 Å². The maximum Gasteiger partial charge on any atom is 0.258 e. The largest absolute Gasteiger partial charge is 0.482 e. The van der Waals surface area contributed by atoms with E-state index in [9.17, 15) is 9.59 Å². The fourth-order valence-electron chi connectivity index (χ4n) is 3.44. The Hall–Kier alpha value is -1.48.